The summed E-state index contributed by atoms with van der Waals surface area (Å²) in [5, 5.41) is 2.45. The monoisotopic (exact) mass is 263 g/mol. The standard InChI is InChI=1S/C13H14BrN/c1-13(2,15)10-7-6-9-4-3-5-12(14)11(9)8-10/h3-8H,15H2,1-2H3. The Morgan fingerprint density at radius 3 is 2.53 bits per heavy atom. The molecule has 0 saturated heterocycles. The van der Waals surface area contributed by atoms with E-state index in [9.17, 15) is 0 Å². The Balaban J connectivity index is 2.70. The van der Waals surface area contributed by atoms with Crippen molar-refractivity contribution in [2.45, 2.75) is 19.4 Å². The van der Waals surface area contributed by atoms with Crippen molar-refractivity contribution in [3.05, 3.63) is 46.4 Å². The molecule has 0 radical (unpaired) electrons. The van der Waals surface area contributed by atoms with E-state index in [-0.39, 0.29) is 5.54 Å². The molecule has 0 aliphatic heterocycles. The molecule has 0 atom stereocenters. The van der Waals surface area contributed by atoms with E-state index >= 15 is 0 Å². The molecule has 1 nitrogen and oxygen atoms in total. The van der Waals surface area contributed by atoms with Crippen molar-refractivity contribution in [2.24, 2.45) is 5.73 Å². The molecule has 0 aliphatic carbocycles. The topological polar surface area (TPSA) is 26.0 Å². The summed E-state index contributed by atoms with van der Waals surface area (Å²) in [6, 6.07) is 12.6. The van der Waals surface area contributed by atoms with Crippen molar-refractivity contribution in [3.63, 3.8) is 0 Å². The lowest BCUT2D eigenvalue weighted by atomic mass is 9.93. The smallest absolute Gasteiger partial charge is 0.0352 e. The maximum atomic E-state index is 6.08. The van der Waals surface area contributed by atoms with Crippen LogP contribution in [-0.4, -0.2) is 0 Å². The summed E-state index contributed by atoms with van der Waals surface area (Å²) in [6.45, 7) is 4.04. The SMILES string of the molecule is CC(C)(N)c1ccc2cccc(Br)c2c1. The molecule has 0 saturated carbocycles. The van der Waals surface area contributed by atoms with Crippen molar-refractivity contribution < 1.29 is 0 Å². The molecule has 2 N–H and O–H groups in total. The van der Waals surface area contributed by atoms with Gasteiger partial charge in [-0.1, -0.05) is 40.2 Å². The van der Waals surface area contributed by atoms with Crippen molar-refractivity contribution in [3.8, 4) is 0 Å². The number of halogens is 1. The van der Waals surface area contributed by atoms with Crippen LogP contribution in [0, 0.1) is 0 Å². The van der Waals surface area contributed by atoms with Gasteiger partial charge in [0.1, 0.15) is 0 Å². The third-order valence-corrected chi connectivity index (χ3v) is 3.26. The van der Waals surface area contributed by atoms with E-state index in [1.165, 1.54) is 10.8 Å². The highest BCUT2D eigenvalue weighted by Gasteiger charge is 2.14. The van der Waals surface area contributed by atoms with Crippen LogP contribution in [0.5, 0.6) is 0 Å². The minimum absolute atomic E-state index is 0.288. The van der Waals surface area contributed by atoms with E-state index in [0.717, 1.165) is 10.0 Å². The molecule has 2 rings (SSSR count). The number of rotatable bonds is 1. The van der Waals surface area contributed by atoms with Crippen LogP contribution in [0.1, 0.15) is 19.4 Å². The lowest BCUT2D eigenvalue weighted by Gasteiger charge is -2.19. The van der Waals surface area contributed by atoms with Crippen LogP contribution in [0.4, 0.5) is 0 Å². The average Bonchev–Trinajstić information content (AvgIpc) is 2.16. The van der Waals surface area contributed by atoms with Gasteiger partial charge in [-0.05, 0) is 42.3 Å². The molecule has 0 fully saturated rings. The summed E-state index contributed by atoms with van der Waals surface area (Å²) >= 11 is 3.56. The zero-order chi connectivity index (χ0) is 11.1. The van der Waals surface area contributed by atoms with Gasteiger partial charge in [0.15, 0.2) is 0 Å². The Morgan fingerprint density at radius 2 is 1.87 bits per heavy atom. The lowest BCUT2D eigenvalue weighted by molar-refractivity contribution is 0.555. The second-order valence-electron chi connectivity index (χ2n) is 4.40. The largest absolute Gasteiger partial charge is 0.322 e. The van der Waals surface area contributed by atoms with Crippen LogP contribution in [0.25, 0.3) is 10.8 Å². The first kappa shape index (κ1) is 10.7. The van der Waals surface area contributed by atoms with Gasteiger partial charge in [0.25, 0.3) is 0 Å². The summed E-state index contributed by atoms with van der Waals surface area (Å²) in [4.78, 5) is 0. The first-order valence-corrected chi connectivity index (χ1v) is 5.75. The number of hydrogen-bond donors (Lipinski definition) is 1. The summed E-state index contributed by atoms with van der Waals surface area (Å²) < 4.78 is 1.12. The first-order valence-electron chi connectivity index (χ1n) is 4.96. The lowest BCUT2D eigenvalue weighted by Crippen LogP contribution is -2.28. The van der Waals surface area contributed by atoms with Crippen LogP contribution in [0.2, 0.25) is 0 Å². The fraction of sp³-hybridized carbons (Fsp3) is 0.231. The van der Waals surface area contributed by atoms with Crippen molar-refractivity contribution in [1.29, 1.82) is 0 Å². The fourth-order valence-electron chi connectivity index (χ4n) is 1.64. The molecular formula is C13H14BrN. The van der Waals surface area contributed by atoms with Crippen LogP contribution in [-0.2, 0) is 5.54 Å². The zero-order valence-corrected chi connectivity index (χ0v) is 10.5. The molecule has 2 aromatic rings. The van der Waals surface area contributed by atoms with E-state index in [1.807, 2.05) is 19.9 Å². The maximum absolute atomic E-state index is 6.08. The quantitative estimate of drug-likeness (QED) is 0.833. The molecule has 0 spiro atoms. The minimum atomic E-state index is -0.288. The van der Waals surface area contributed by atoms with E-state index in [0.29, 0.717) is 0 Å². The Morgan fingerprint density at radius 1 is 1.13 bits per heavy atom. The van der Waals surface area contributed by atoms with Crippen LogP contribution in [0.3, 0.4) is 0 Å². The van der Waals surface area contributed by atoms with Gasteiger partial charge in [0, 0.05) is 10.0 Å². The Bertz CT molecular complexity index is 497. The average molecular weight is 264 g/mol. The van der Waals surface area contributed by atoms with Gasteiger partial charge in [0.2, 0.25) is 0 Å². The van der Waals surface area contributed by atoms with Crippen molar-refractivity contribution in [2.75, 3.05) is 0 Å². The van der Waals surface area contributed by atoms with Gasteiger partial charge < -0.3 is 5.73 Å². The summed E-state index contributed by atoms with van der Waals surface area (Å²) in [7, 11) is 0. The maximum Gasteiger partial charge on any atom is 0.0352 e. The number of hydrogen-bond acceptors (Lipinski definition) is 1. The molecule has 0 amide bonds. The third kappa shape index (κ3) is 2.06. The second kappa shape index (κ2) is 3.62. The fourth-order valence-corrected chi connectivity index (χ4v) is 2.13. The summed E-state index contributed by atoms with van der Waals surface area (Å²) in [5.41, 5.74) is 6.95. The number of nitrogens with two attached hydrogens (primary N) is 1. The zero-order valence-electron chi connectivity index (χ0n) is 8.92. The van der Waals surface area contributed by atoms with Crippen molar-refractivity contribution in [1.82, 2.24) is 0 Å². The predicted octanol–water partition coefficient (Wildman–Crippen LogP) is 3.80. The second-order valence-corrected chi connectivity index (χ2v) is 5.25. The number of benzene rings is 2. The molecule has 2 aromatic carbocycles. The van der Waals surface area contributed by atoms with Gasteiger partial charge in [-0.15, -0.1) is 0 Å². The molecule has 2 heteroatoms. The summed E-state index contributed by atoms with van der Waals surface area (Å²) in [6.07, 6.45) is 0. The van der Waals surface area contributed by atoms with Gasteiger partial charge in [0.05, 0.1) is 0 Å². The van der Waals surface area contributed by atoms with E-state index in [2.05, 4.69) is 46.3 Å². The van der Waals surface area contributed by atoms with Crippen molar-refractivity contribution >= 4 is 26.7 Å². The molecule has 0 bridgehead atoms. The van der Waals surface area contributed by atoms with Gasteiger partial charge >= 0.3 is 0 Å². The molecule has 0 unspecified atom stereocenters. The molecule has 0 heterocycles. The number of fused-ring (bicyclic) bond motifs is 1. The predicted molar refractivity (Wildman–Crippen MR) is 68.9 cm³/mol. The first-order chi connectivity index (χ1) is 6.98. The Hall–Kier alpha value is -0.860. The Kier molecular flexibility index (Phi) is 2.57. The van der Waals surface area contributed by atoms with Gasteiger partial charge in [-0.3, -0.25) is 0 Å². The van der Waals surface area contributed by atoms with E-state index in [1.54, 1.807) is 0 Å². The highest BCUT2D eigenvalue weighted by molar-refractivity contribution is 9.10. The van der Waals surface area contributed by atoms with Gasteiger partial charge in [-0.2, -0.15) is 0 Å². The normalized spacial score (nSPS) is 12.0. The third-order valence-electron chi connectivity index (χ3n) is 2.57. The highest BCUT2D eigenvalue weighted by Crippen LogP contribution is 2.27. The summed E-state index contributed by atoms with van der Waals surface area (Å²) in [5.74, 6) is 0. The molecule has 15 heavy (non-hydrogen) atoms. The highest BCUT2D eigenvalue weighted by atomic mass is 79.9. The van der Waals surface area contributed by atoms with Gasteiger partial charge in [-0.25, -0.2) is 0 Å². The Labute approximate surface area is 98.4 Å². The van der Waals surface area contributed by atoms with E-state index < -0.39 is 0 Å². The van der Waals surface area contributed by atoms with E-state index in [4.69, 9.17) is 5.73 Å². The molecule has 0 aliphatic rings. The molecular weight excluding hydrogens is 250 g/mol. The molecule has 78 valence electrons. The van der Waals surface area contributed by atoms with Crippen LogP contribution < -0.4 is 5.73 Å². The molecule has 0 aromatic heterocycles. The minimum Gasteiger partial charge on any atom is -0.322 e. The van der Waals surface area contributed by atoms with Crippen LogP contribution >= 0.6 is 15.9 Å². The van der Waals surface area contributed by atoms with Crippen LogP contribution in [0.15, 0.2) is 40.9 Å².